The summed E-state index contributed by atoms with van der Waals surface area (Å²) < 4.78 is 27.9. The maximum Gasteiger partial charge on any atom is 0.247 e. The first-order chi connectivity index (χ1) is 16.3. The highest BCUT2D eigenvalue weighted by atomic mass is 32.2. The molecule has 34 heavy (non-hydrogen) atoms. The Kier molecular flexibility index (Phi) is 8.53. The fourth-order valence-corrected chi connectivity index (χ4v) is 5.61. The highest BCUT2D eigenvalue weighted by Gasteiger charge is 2.37. The van der Waals surface area contributed by atoms with Gasteiger partial charge in [0.25, 0.3) is 0 Å². The molecule has 0 saturated carbocycles. The largest absolute Gasteiger partial charge is 0.317 e. The molecule has 0 atom stereocenters. The van der Waals surface area contributed by atoms with Gasteiger partial charge in [0.05, 0.1) is 17.0 Å². The van der Waals surface area contributed by atoms with E-state index in [0.717, 1.165) is 6.42 Å². The number of nitriles is 1. The summed E-state index contributed by atoms with van der Waals surface area (Å²) in [4.78, 5) is 30.6. The molecule has 1 N–H and O–H groups in total. The smallest absolute Gasteiger partial charge is 0.247 e. The van der Waals surface area contributed by atoms with Crippen molar-refractivity contribution in [3.8, 4) is 6.07 Å². The third-order valence-corrected chi connectivity index (χ3v) is 7.53. The average molecular weight is 483 g/mol. The van der Waals surface area contributed by atoms with Crippen molar-refractivity contribution in [2.75, 3.05) is 17.4 Å². The number of nitrogens with zero attached hydrogens (tertiary/aromatic N) is 3. The molecule has 1 amide bonds. The average Bonchev–Trinajstić information content (AvgIpc) is 2.83. The molecule has 0 spiro atoms. The molecule has 1 aliphatic heterocycles. The minimum atomic E-state index is -4.21. The number of hydrogen-bond donors (Lipinski definition) is 1. The van der Waals surface area contributed by atoms with Crippen LogP contribution in [-0.4, -0.2) is 38.2 Å². The van der Waals surface area contributed by atoms with E-state index in [1.807, 2.05) is 13.0 Å². The van der Waals surface area contributed by atoms with E-state index in [1.54, 1.807) is 37.3 Å². The summed E-state index contributed by atoms with van der Waals surface area (Å²) in [6.07, 6.45) is 2.84. The van der Waals surface area contributed by atoms with Crippen molar-refractivity contribution in [3.05, 3.63) is 58.8 Å². The molecule has 2 heterocycles. The number of hydrogen-bond acceptors (Lipinski definition) is 7. The number of rotatable bonds is 9. The Morgan fingerprint density at radius 1 is 1.21 bits per heavy atom. The van der Waals surface area contributed by atoms with Gasteiger partial charge >= 0.3 is 0 Å². The number of unbranched alkanes of at least 4 members (excludes halogenated alkanes) is 1. The molecule has 2 aromatic rings. The second kappa shape index (κ2) is 11.4. The van der Waals surface area contributed by atoms with Crippen LogP contribution >= 0.6 is 0 Å². The van der Waals surface area contributed by atoms with Crippen molar-refractivity contribution in [2.45, 2.75) is 51.7 Å². The van der Waals surface area contributed by atoms with Crippen LogP contribution < -0.4 is 9.62 Å². The molecule has 0 aliphatic carbocycles. The molecule has 0 radical (unpaired) electrons. The first-order valence-corrected chi connectivity index (χ1v) is 13.2. The molecule has 8 nitrogen and oxygen atoms in total. The maximum atomic E-state index is 13.6. The number of sulfonamides is 1. The van der Waals surface area contributed by atoms with Crippen LogP contribution in [0.5, 0.6) is 0 Å². The fourth-order valence-electron chi connectivity index (χ4n) is 4.04. The zero-order valence-corrected chi connectivity index (χ0v) is 20.4. The molecule has 1 saturated heterocycles. The number of aromatic nitrogens is 1. The van der Waals surface area contributed by atoms with E-state index in [-0.39, 0.29) is 22.7 Å². The third kappa shape index (κ3) is 5.88. The SMILES string of the molecule is CCCCC(=O)c1cc(C#N)c(N(C(=O)C2CCNCC2)S(=O)(=O)Cc2ccccc2)nc1C. The van der Waals surface area contributed by atoms with E-state index in [9.17, 15) is 23.3 Å². The van der Waals surface area contributed by atoms with Crippen LogP contribution in [-0.2, 0) is 20.6 Å². The lowest BCUT2D eigenvalue weighted by Gasteiger charge is -2.29. The van der Waals surface area contributed by atoms with Gasteiger partial charge in [0.15, 0.2) is 11.6 Å². The van der Waals surface area contributed by atoms with Gasteiger partial charge in [-0.1, -0.05) is 43.7 Å². The topological polar surface area (TPSA) is 120 Å². The number of aryl methyl sites for hydroxylation is 1. The van der Waals surface area contributed by atoms with Crippen LogP contribution in [0.15, 0.2) is 36.4 Å². The molecule has 1 aliphatic rings. The molecule has 1 fully saturated rings. The highest BCUT2D eigenvalue weighted by molar-refractivity contribution is 7.92. The van der Waals surface area contributed by atoms with Gasteiger partial charge in [0, 0.05) is 17.9 Å². The van der Waals surface area contributed by atoms with Gasteiger partial charge in [-0.25, -0.2) is 13.4 Å². The number of anilines is 1. The number of carbonyl (C=O) groups is 2. The summed E-state index contributed by atoms with van der Waals surface area (Å²) in [6.45, 7) is 4.78. The highest BCUT2D eigenvalue weighted by Crippen LogP contribution is 2.29. The Morgan fingerprint density at radius 3 is 2.50 bits per heavy atom. The van der Waals surface area contributed by atoms with E-state index in [1.165, 1.54) is 6.07 Å². The number of piperidine rings is 1. The molecule has 0 unspecified atom stereocenters. The zero-order chi connectivity index (χ0) is 24.7. The van der Waals surface area contributed by atoms with Crippen LogP contribution in [0.25, 0.3) is 0 Å². The molecule has 3 rings (SSSR count). The first-order valence-electron chi connectivity index (χ1n) is 11.5. The lowest BCUT2D eigenvalue weighted by molar-refractivity contribution is -0.121. The molecular formula is C25H30N4O4S. The number of ketones is 1. The predicted octanol–water partition coefficient (Wildman–Crippen LogP) is 3.50. The van der Waals surface area contributed by atoms with Crippen molar-refractivity contribution in [3.63, 3.8) is 0 Å². The van der Waals surface area contributed by atoms with E-state index < -0.39 is 27.6 Å². The van der Waals surface area contributed by atoms with Gasteiger partial charge in [-0.15, -0.1) is 0 Å². The summed E-state index contributed by atoms with van der Waals surface area (Å²) >= 11 is 0. The number of carbonyl (C=O) groups excluding carboxylic acids is 2. The number of pyridine rings is 1. The van der Waals surface area contributed by atoms with Crippen molar-refractivity contribution in [2.24, 2.45) is 5.92 Å². The van der Waals surface area contributed by atoms with Gasteiger partial charge in [-0.05, 0) is 50.9 Å². The van der Waals surface area contributed by atoms with Crippen LogP contribution in [0.3, 0.4) is 0 Å². The Hall–Kier alpha value is -3.09. The van der Waals surface area contributed by atoms with Gasteiger partial charge in [0.2, 0.25) is 15.9 Å². The van der Waals surface area contributed by atoms with Gasteiger partial charge in [-0.2, -0.15) is 9.57 Å². The second-order valence-electron chi connectivity index (χ2n) is 8.50. The molecule has 9 heteroatoms. The molecule has 1 aromatic heterocycles. The van der Waals surface area contributed by atoms with E-state index in [2.05, 4.69) is 10.3 Å². The van der Waals surface area contributed by atoms with Crippen LogP contribution in [0, 0.1) is 24.2 Å². The number of benzene rings is 1. The Morgan fingerprint density at radius 2 is 1.88 bits per heavy atom. The second-order valence-corrected chi connectivity index (χ2v) is 10.3. The van der Waals surface area contributed by atoms with E-state index >= 15 is 0 Å². The van der Waals surface area contributed by atoms with Crippen LogP contribution in [0.1, 0.15) is 66.2 Å². The Bertz CT molecular complexity index is 1180. The lowest BCUT2D eigenvalue weighted by Crippen LogP contribution is -2.45. The predicted molar refractivity (Wildman–Crippen MR) is 130 cm³/mol. The van der Waals surface area contributed by atoms with E-state index in [0.29, 0.717) is 54.3 Å². The fraction of sp³-hybridized carbons (Fsp3) is 0.440. The van der Waals surface area contributed by atoms with Crippen LogP contribution in [0.4, 0.5) is 5.82 Å². The Balaban J connectivity index is 2.10. The van der Waals surface area contributed by atoms with Gasteiger partial charge in [-0.3, -0.25) is 9.59 Å². The molecular weight excluding hydrogens is 452 g/mol. The third-order valence-electron chi connectivity index (χ3n) is 5.92. The molecule has 1 aromatic carbocycles. The lowest BCUT2D eigenvalue weighted by atomic mass is 9.97. The summed E-state index contributed by atoms with van der Waals surface area (Å²) in [6, 6.07) is 11.9. The standard InChI is InChI=1S/C25H30N4O4S/c1-3-4-10-23(30)22-15-21(16-26)24(28-18(22)2)29(25(31)20-11-13-27-14-12-20)34(32,33)17-19-8-6-5-7-9-19/h5-9,15,20,27H,3-4,10-14,17H2,1-2H3. The summed E-state index contributed by atoms with van der Waals surface area (Å²) in [5.41, 5.74) is 0.994. The number of amides is 1. The number of Topliss-reactive ketones (excluding diaryl/α,β-unsaturated/α-hetero) is 1. The van der Waals surface area contributed by atoms with Crippen molar-refractivity contribution < 1.29 is 18.0 Å². The minimum absolute atomic E-state index is 0.107. The molecule has 0 bridgehead atoms. The molecule has 180 valence electrons. The normalized spacial score (nSPS) is 14.4. The van der Waals surface area contributed by atoms with Gasteiger partial charge < -0.3 is 5.32 Å². The quantitative estimate of drug-likeness (QED) is 0.543. The van der Waals surface area contributed by atoms with Crippen molar-refractivity contribution in [1.82, 2.24) is 10.3 Å². The summed E-state index contributed by atoms with van der Waals surface area (Å²) in [5, 5.41) is 13.0. The van der Waals surface area contributed by atoms with E-state index in [4.69, 9.17) is 0 Å². The minimum Gasteiger partial charge on any atom is -0.317 e. The van der Waals surface area contributed by atoms with Gasteiger partial charge in [0.1, 0.15) is 6.07 Å². The van der Waals surface area contributed by atoms with Crippen molar-refractivity contribution >= 4 is 27.5 Å². The summed E-state index contributed by atoms with van der Waals surface area (Å²) in [7, 11) is -4.21. The Labute approximate surface area is 201 Å². The monoisotopic (exact) mass is 482 g/mol. The first kappa shape index (κ1) is 25.5. The summed E-state index contributed by atoms with van der Waals surface area (Å²) in [5.74, 6) is -1.89. The maximum absolute atomic E-state index is 13.6. The number of nitrogens with one attached hydrogen (secondary N) is 1. The van der Waals surface area contributed by atoms with Crippen LogP contribution in [0.2, 0.25) is 0 Å². The zero-order valence-electron chi connectivity index (χ0n) is 19.6. The van der Waals surface area contributed by atoms with Crippen molar-refractivity contribution in [1.29, 1.82) is 5.26 Å².